The molecule has 0 aliphatic heterocycles. The van der Waals surface area contributed by atoms with Gasteiger partial charge in [-0.05, 0) is 12.1 Å². The molecule has 0 atom stereocenters. The summed E-state index contributed by atoms with van der Waals surface area (Å²) in [6, 6.07) is 5.56. The first-order valence-corrected chi connectivity index (χ1v) is 6.44. The van der Waals surface area contributed by atoms with Crippen LogP contribution >= 0.6 is 0 Å². The van der Waals surface area contributed by atoms with Crippen molar-refractivity contribution in [1.29, 1.82) is 0 Å². The first kappa shape index (κ1) is 10.9. The molecule has 2 heterocycles. The summed E-state index contributed by atoms with van der Waals surface area (Å²) >= 11 is 0. The molecular formula is C9H12N4O2S. The molecule has 0 aromatic carbocycles. The van der Waals surface area contributed by atoms with Crippen LogP contribution in [0.1, 0.15) is 0 Å². The fourth-order valence-corrected chi connectivity index (χ4v) is 1.80. The number of anilines is 1. The van der Waals surface area contributed by atoms with E-state index in [0.717, 1.165) is 11.5 Å². The zero-order valence-corrected chi connectivity index (χ0v) is 9.31. The molecule has 0 amide bonds. The smallest absolute Gasteiger partial charge is 0.210 e. The van der Waals surface area contributed by atoms with Gasteiger partial charge in [0.25, 0.3) is 0 Å². The number of pyridine rings is 1. The molecule has 0 spiro atoms. The predicted octanol–water partition coefficient (Wildman–Crippen LogP) is 0.0347. The van der Waals surface area contributed by atoms with E-state index in [-0.39, 0.29) is 12.3 Å². The van der Waals surface area contributed by atoms with Crippen LogP contribution in [0.2, 0.25) is 0 Å². The molecule has 86 valence electrons. The van der Waals surface area contributed by atoms with Crippen molar-refractivity contribution in [1.82, 2.24) is 9.38 Å². The third-order valence-corrected chi connectivity index (χ3v) is 2.89. The van der Waals surface area contributed by atoms with Gasteiger partial charge in [0, 0.05) is 18.9 Å². The molecule has 2 aromatic rings. The summed E-state index contributed by atoms with van der Waals surface area (Å²) in [6.45, 7) is 0.274. The van der Waals surface area contributed by atoms with Crippen LogP contribution in [-0.4, -0.2) is 30.1 Å². The average Bonchev–Trinajstić information content (AvgIpc) is 2.64. The summed E-state index contributed by atoms with van der Waals surface area (Å²) in [5, 5.41) is 7.90. The van der Waals surface area contributed by atoms with Crippen molar-refractivity contribution >= 4 is 21.5 Å². The first-order valence-electron chi connectivity index (χ1n) is 4.73. The highest BCUT2D eigenvalue weighted by molar-refractivity contribution is 7.89. The molecule has 2 rings (SSSR count). The lowest BCUT2D eigenvalue weighted by atomic mass is 10.4. The topological polar surface area (TPSA) is 89.5 Å². The minimum absolute atomic E-state index is 0.0991. The number of sulfonamides is 1. The number of nitrogens with two attached hydrogens (primary N) is 1. The van der Waals surface area contributed by atoms with E-state index in [4.69, 9.17) is 5.14 Å². The van der Waals surface area contributed by atoms with Crippen LogP contribution < -0.4 is 10.5 Å². The highest BCUT2D eigenvalue weighted by Crippen LogP contribution is 2.10. The number of nitrogens with zero attached hydrogens (tertiary/aromatic N) is 2. The van der Waals surface area contributed by atoms with E-state index < -0.39 is 10.0 Å². The minimum atomic E-state index is -3.42. The van der Waals surface area contributed by atoms with Crippen molar-refractivity contribution in [2.24, 2.45) is 5.14 Å². The van der Waals surface area contributed by atoms with E-state index in [1.165, 1.54) is 0 Å². The number of rotatable bonds is 4. The minimum Gasteiger partial charge on any atom is -0.370 e. The molecule has 6 nitrogen and oxygen atoms in total. The quantitative estimate of drug-likeness (QED) is 0.789. The number of aromatic nitrogens is 2. The van der Waals surface area contributed by atoms with E-state index in [1.54, 1.807) is 12.4 Å². The lowest BCUT2D eigenvalue weighted by Gasteiger charge is -2.07. The van der Waals surface area contributed by atoms with Gasteiger partial charge in [-0.2, -0.15) is 0 Å². The lowest BCUT2D eigenvalue weighted by molar-refractivity contribution is 0.598. The van der Waals surface area contributed by atoms with Crippen LogP contribution in [0.3, 0.4) is 0 Å². The van der Waals surface area contributed by atoms with Crippen LogP contribution in [0.25, 0.3) is 5.65 Å². The Labute approximate surface area is 93.1 Å². The second-order valence-corrected chi connectivity index (χ2v) is 5.09. The molecule has 16 heavy (non-hydrogen) atoms. The molecule has 0 saturated heterocycles. The highest BCUT2D eigenvalue weighted by atomic mass is 32.2. The van der Waals surface area contributed by atoms with Gasteiger partial charge in [-0.1, -0.05) is 6.07 Å². The van der Waals surface area contributed by atoms with Gasteiger partial charge >= 0.3 is 0 Å². The molecule has 0 bridgehead atoms. The number of hydrogen-bond donors (Lipinski definition) is 2. The SMILES string of the molecule is NS(=O)(=O)CCNc1cccc2nccn12. The number of fused-ring (bicyclic) bond motifs is 1. The van der Waals surface area contributed by atoms with Gasteiger partial charge in [-0.15, -0.1) is 0 Å². The number of nitrogens with one attached hydrogen (secondary N) is 1. The van der Waals surface area contributed by atoms with E-state index in [2.05, 4.69) is 10.3 Å². The summed E-state index contributed by atoms with van der Waals surface area (Å²) in [6.07, 6.45) is 3.48. The van der Waals surface area contributed by atoms with Crippen molar-refractivity contribution < 1.29 is 8.42 Å². The Hall–Kier alpha value is -1.60. The van der Waals surface area contributed by atoms with Gasteiger partial charge in [0.1, 0.15) is 11.5 Å². The summed E-state index contributed by atoms with van der Waals surface area (Å²) in [5.41, 5.74) is 0.806. The lowest BCUT2D eigenvalue weighted by Crippen LogP contribution is -2.22. The maximum atomic E-state index is 10.8. The second-order valence-electron chi connectivity index (χ2n) is 3.36. The second kappa shape index (κ2) is 4.11. The number of hydrogen-bond acceptors (Lipinski definition) is 4. The van der Waals surface area contributed by atoms with Crippen LogP contribution in [0, 0.1) is 0 Å². The summed E-state index contributed by atoms with van der Waals surface area (Å²) in [4.78, 5) is 4.12. The molecule has 0 radical (unpaired) electrons. The van der Waals surface area contributed by atoms with Crippen molar-refractivity contribution in [3.63, 3.8) is 0 Å². The highest BCUT2D eigenvalue weighted by Gasteiger charge is 2.03. The Kier molecular flexibility index (Phi) is 2.80. The molecule has 0 aliphatic rings. The molecule has 0 saturated carbocycles. The Balaban J connectivity index is 2.12. The Morgan fingerprint density at radius 3 is 3.00 bits per heavy atom. The predicted molar refractivity (Wildman–Crippen MR) is 61.7 cm³/mol. The summed E-state index contributed by atoms with van der Waals surface area (Å²) < 4.78 is 23.3. The standard InChI is InChI=1S/C9H12N4O2S/c10-16(14,15)7-5-12-9-3-1-2-8-11-4-6-13(8)9/h1-4,6,12H,5,7H2,(H2,10,14,15). The van der Waals surface area contributed by atoms with Crippen molar-refractivity contribution in [3.8, 4) is 0 Å². The zero-order chi connectivity index (χ0) is 11.6. The fraction of sp³-hybridized carbons (Fsp3) is 0.222. The van der Waals surface area contributed by atoms with Gasteiger partial charge in [-0.25, -0.2) is 18.5 Å². The Morgan fingerprint density at radius 2 is 2.25 bits per heavy atom. The number of primary sulfonamides is 1. The number of imidazole rings is 1. The van der Waals surface area contributed by atoms with E-state index in [1.807, 2.05) is 22.6 Å². The van der Waals surface area contributed by atoms with Crippen LogP contribution in [0.15, 0.2) is 30.6 Å². The van der Waals surface area contributed by atoms with Crippen molar-refractivity contribution in [3.05, 3.63) is 30.6 Å². The van der Waals surface area contributed by atoms with Gasteiger partial charge in [0.2, 0.25) is 10.0 Å². The van der Waals surface area contributed by atoms with Crippen LogP contribution in [0.5, 0.6) is 0 Å². The normalized spacial score (nSPS) is 11.8. The van der Waals surface area contributed by atoms with Gasteiger partial charge in [-0.3, -0.25) is 4.40 Å². The molecule has 3 N–H and O–H groups in total. The van der Waals surface area contributed by atoms with Gasteiger partial charge in [0.05, 0.1) is 5.75 Å². The largest absolute Gasteiger partial charge is 0.370 e. The van der Waals surface area contributed by atoms with Crippen molar-refractivity contribution in [2.75, 3.05) is 17.6 Å². The van der Waals surface area contributed by atoms with E-state index in [0.29, 0.717) is 0 Å². The molecule has 0 aliphatic carbocycles. The van der Waals surface area contributed by atoms with Gasteiger partial charge in [0.15, 0.2) is 0 Å². The Bertz CT molecular complexity index is 590. The molecule has 0 unspecified atom stereocenters. The molecular weight excluding hydrogens is 228 g/mol. The van der Waals surface area contributed by atoms with Gasteiger partial charge < -0.3 is 5.32 Å². The maximum absolute atomic E-state index is 10.8. The molecule has 7 heteroatoms. The van der Waals surface area contributed by atoms with Crippen LogP contribution in [0.4, 0.5) is 5.82 Å². The van der Waals surface area contributed by atoms with Crippen molar-refractivity contribution in [2.45, 2.75) is 0 Å². The van der Waals surface area contributed by atoms with Crippen LogP contribution in [-0.2, 0) is 10.0 Å². The third kappa shape index (κ3) is 2.50. The molecule has 2 aromatic heterocycles. The summed E-state index contributed by atoms with van der Waals surface area (Å²) in [7, 11) is -3.42. The Morgan fingerprint density at radius 1 is 1.44 bits per heavy atom. The summed E-state index contributed by atoms with van der Waals surface area (Å²) in [5.74, 6) is 0.691. The monoisotopic (exact) mass is 240 g/mol. The first-order chi connectivity index (χ1) is 7.56. The van der Waals surface area contributed by atoms with E-state index in [9.17, 15) is 8.42 Å². The third-order valence-electron chi connectivity index (χ3n) is 2.12. The fourth-order valence-electron chi connectivity index (χ4n) is 1.41. The zero-order valence-electron chi connectivity index (χ0n) is 8.50. The van der Waals surface area contributed by atoms with E-state index >= 15 is 0 Å². The molecule has 0 fully saturated rings. The average molecular weight is 240 g/mol. The maximum Gasteiger partial charge on any atom is 0.210 e.